The summed E-state index contributed by atoms with van der Waals surface area (Å²) in [5, 5.41) is 1.39. The number of aromatic nitrogens is 2. The fraction of sp³-hybridized carbons (Fsp3) is 0.0435. The van der Waals surface area contributed by atoms with Crippen LogP contribution in [0, 0.1) is 0 Å². The molecule has 4 nitrogen and oxygen atoms in total. The molecule has 0 aliphatic carbocycles. The van der Waals surface area contributed by atoms with E-state index in [2.05, 4.69) is 4.98 Å². The van der Waals surface area contributed by atoms with Gasteiger partial charge in [-0.15, -0.1) is 0 Å². The van der Waals surface area contributed by atoms with Crippen LogP contribution in [0.2, 0.25) is 15.1 Å². The van der Waals surface area contributed by atoms with Crippen molar-refractivity contribution in [3.05, 3.63) is 102 Å². The van der Waals surface area contributed by atoms with Gasteiger partial charge in [0.2, 0.25) is 0 Å². The van der Waals surface area contributed by atoms with Gasteiger partial charge >= 0.3 is 0 Å². The molecule has 0 atom stereocenters. The van der Waals surface area contributed by atoms with Crippen LogP contribution in [0.15, 0.2) is 65.5 Å². The molecule has 0 saturated heterocycles. The molecule has 2 heterocycles. The van der Waals surface area contributed by atoms with Crippen molar-refractivity contribution in [2.45, 2.75) is 6.61 Å². The third-order valence-electron chi connectivity index (χ3n) is 4.76. The Balaban J connectivity index is 1.48. The molecule has 0 fully saturated rings. The van der Waals surface area contributed by atoms with E-state index in [-0.39, 0.29) is 5.56 Å². The maximum absolute atomic E-state index is 12.9. The van der Waals surface area contributed by atoms with Crippen molar-refractivity contribution >= 4 is 68.2 Å². The molecule has 0 unspecified atom stereocenters. The van der Waals surface area contributed by atoms with Crippen LogP contribution in [0.3, 0.4) is 0 Å². The Morgan fingerprint density at radius 3 is 2.45 bits per heavy atom. The minimum Gasteiger partial charge on any atom is -0.486 e. The second kappa shape index (κ2) is 8.17. The SMILES string of the molecule is O=c1/c(=C/c2cc(Cl)c(OCc3ccc(Cl)cc3)c(Cl)c2)sc2nc3ccccc3n12. The molecule has 0 aliphatic heterocycles. The van der Waals surface area contributed by atoms with E-state index in [1.54, 1.807) is 34.7 Å². The van der Waals surface area contributed by atoms with Crippen LogP contribution >= 0.6 is 46.1 Å². The van der Waals surface area contributed by atoms with Gasteiger partial charge < -0.3 is 4.74 Å². The summed E-state index contributed by atoms with van der Waals surface area (Å²) in [6, 6.07) is 18.4. The van der Waals surface area contributed by atoms with Crippen LogP contribution in [-0.2, 0) is 6.61 Å². The molecule has 0 radical (unpaired) electrons. The van der Waals surface area contributed by atoms with Crippen LogP contribution in [-0.4, -0.2) is 9.38 Å². The predicted molar refractivity (Wildman–Crippen MR) is 128 cm³/mol. The lowest BCUT2D eigenvalue weighted by Gasteiger charge is -2.11. The Morgan fingerprint density at radius 1 is 1.00 bits per heavy atom. The predicted octanol–water partition coefficient (Wildman–Crippen LogP) is 6.00. The van der Waals surface area contributed by atoms with Crippen LogP contribution in [0.1, 0.15) is 11.1 Å². The minimum absolute atomic E-state index is 0.121. The number of fused-ring (bicyclic) bond motifs is 3. The Bertz CT molecular complexity index is 1520. The molecule has 31 heavy (non-hydrogen) atoms. The Labute approximate surface area is 195 Å². The van der Waals surface area contributed by atoms with Gasteiger partial charge in [-0.3, -0.25) is 4.79 Å². The molecule has 154 valence electrons. The molecule has 0 bridgehead atoms. The fourth-order valence-corrected chi connectivity index (χ4v) is 5.03. The summed E-state index contributed by atoms with van der Waals surface area (Å²) < 4.78 is 7.99. The van der Waals surface area contributed by atoms with Crippen LogP contribution in [0.4, 0.5) is 0 Å². The summed E-state index contributed by atoms with van der Waals surface area (Å²) in [5.74, 6) is 0.393. The van der Waals surface area contributed by atoms with E-state index >= 15 is 0 Å². The molecule has 2 aromatic heterocycles. The molecular weight excluding hydrogens is 475 g/mol. The van der Waals surface area contributed by atoms with Crippen molar-refractivity contribution in [2.24, 2.45) is 0 Å². The van der Waals surface area contributed by atoms with E-state index in [0.717, 1.165) is 16.6 Å². The minimum atomic E-state index is -0.121. The van der Waals surface area contributed by atoms with Crippen molar-refractivity contribution in [1.29, 1.82) is 0 Å². The maximum Gasteiger partial charge on any atom is 0.274 e. The Hall–Kier alpha value is -2.57. The number of para-hydroxylation sites is 2. The number of benzene rings is 3. The van der Waals surface area contributed by atoms with Crippen LogP contribution in [0.25, 0.3) is 22.1 Å². The van der Waals surface area contributed by atoms with Crippen LogP contribution < -0.4 is 14.8 Å². The lowest BCUT2D eigenvalue weighted by atomic mass is 10.2. The highest BCUT2D eigenvalue weighted by atomic mass is 35.5. The van der Waals surface area contributed by atoms with Gasteiger partial charge in [0.1, 0.15) is 6.61 Å². The molecule has 0 saturated carbocycles. The van der Waals surface area contributed by atoms with Gasteiger partial charge in [-0.05, 0) is 53.6 Å². The lowest BCUT2D eigenvalue weighted by molar-refractivity contribution is 0.306. The molecule has 5 rings (SSSR count). The largest absolute Gasteiger partial charge is 0.486 e. The van der Waals surface area contributed by atoms with Gasteiger partial charge in [-0.25, -0.2) is 9.38 Å². The number of halogens is 3. The summed E-state index contributed by atoms with van der Waals surface area (Å²) >= 11 is 20.1. The summed E-state index contributed by atoms with van der Waals surface area (Å²) in [4.78, 5) is 18.1. The van der Waals surface area contributed by atoms with Gasteiger partial charge in [0.15, 0.2) is 10.7 Å². The third kappa shape index (κ3) is 3.90. The van der Waals surface area contributed by atoms with Gasteiger partial charge in [0.25, 0.3) is 5.56 Å². The topological polar surface area (TPSA) is 43.6 Å². The number of imidazole rings is 1. The first-order valence-electron chi connectivity index (χ1n) is 9.27. The monoisotopic (exact) mass is 486 g/mol. The third-order valence-corrected chi connectivity index (χ3v) is 6.54. The molecule has 0 amide bonds. The van der Waals surface area contributed by atoms with Gasteiger partial charge in [0.05, 0.1) is 25.6 Å². The number of thiazole rings is 1. The number of rotatable bonds is 4. The van der Waals surface area contributed by atoms with E-state index in [0.29, 0.717) is 42.5 Å². The normalized spacial score (nSPS) is 12.2. The second-order valence-corrected chi connectivity index (χ2v) is 9.12. The second-order valence-electron chi connectivity index (χ2n) is 6.86. The first kappa shape index (κ1) is 20.3. The molecule has 0 spiro atoms. The van der Waals surface area contributed by atoms with Crippen molar-refractivity contribution in [1.82, 2.24) is 9.38 Å². The summed E-state index contributed by atoms with van der Waals surface area (Å²) in [6.07, 6.45) is 1.76. The smallest absolute Gasteiger partial charge is 0.274 e. The van der Waals surface area contributed by atoms with E-state index in [4.69, 9.17) is 39.5 Å². The molecule has 0 N–H and O–H groups in total. The Kier molecular flexibility index (Phi) is 5.36. The van der Waals surface area contributed by atoms with Gasteiger partial charge in [-0.2, -0.15) is 0 Å². The van der Waals surface area contributed by atoms with Gasteiger partial charge in [0, 0.05) is 5.02 Å². The van der Waals surface area contributed by atoms with E-state index in [1.807, 2.05) is 36.4 Å². The van der Waals surface area contributed by atoms with E-state index in [1.165, 1.54) is 11.3 Å². The first-order chi connectivity index (χ1) is 15.0. The zero-order valence-corrected chi connectivity index (χ0v) is 18.9. The molecule has 0 aliphatic rings. The highest BCUT2D eigenvalue weighted by molar-refractivity contribution is 7.15. The van der Waals surface area contributed by atoms with Crippen molar-refractivity contribution in [3.63, 3.8) is 0 Å². The Morgan fingerprint density at radius 2 is 1.71 bits per heavy atom. The summed E-state index contributed by atoms with van der Waals surface area (Å²) in [6.45, 7) is 0.305. The van der Waals surface area contributed by atoms with E-state index < -0.39 is 0 Å². The van der Waals surface area contributed by atoms with Crippen molar-refractivity contribution < 1.29 is 4.74 Å². The molecule has 8 heteroatoms. The van der Waals surface area contributed by atoms with Crippen molar-refractivity contribution in [3.8, 4) is 5.75 Å². The summed E-state index contributed by atoms with van der Waals surface area (Å²) in [5.41, 5.74) is 3.12. The number of nitrogens with zero attached hydrogens (tertiary/aromatic N) is 2. The molecule has 5 aromatic rings. The quantitative estimate of drug-likeness (QED) is 0.312. The van der Waals surface area contributed by atoms with Crippen molar-refractivity contribution in [2.75, 3.05) is 0 Å². The van der Waals surface area contributed by atoms with E-state index in [9.17, 15) is 4.79 Å². The first-order valence-corrected chi connectivity index (χ1v) is 11.2. The fourth-order valence-electron chi connectivity index (χ4n) is 3.30. The average Bonchev–Trinajstić information content (AvgIpc) is 3.25. The number of ether oxygens (including phenoxy) is 1. The van der Waals surface area contributed by atoms with Crippen LogP contribution in [0.5, 0.6) is 5.75 Å². The summed E-state index contributed by atoms with van der Waals surface area (Å²) in [7, 11) is 0. The zero-order valence-electron chi connectivity index (χ0n) is 15.8. The molecular formula is C23H13Cl3N2O2S. The average molecular weight is 488 g/mol. The highest BCUT2D eigenvalue weighted by Gasteiger charge is 2.13. The number of hydrogen-bond donors (Lipinski definition) is 0. The standard InChI is InChI=1S/C23H13Cl3N2O2S/c24-15-7-5-13(6-8-15)12-30-21-16(25)9-14(10-17(21)26)11-20-22(29)28-19-4-2-1-3-18(19)27-23(28)31-20/h1-11H,12H2/b20-11-. The maximum atomic E-state index is 12.9. The zero-order chi connectivity index (χ0) is 21.5. The highest BCUT2D eigenvalue weighted by Crippen LogP contribution is 2.35. The number of hydrogen-bond acceptors (Lipinski definition) is 4. The molecule has 3 aromatic carbocycles. The lowest BCUT2D eigenvalue weighted by Crippen LogP contribution is -2.22. The van der Waals surface area contributed by atoms with Gasteiger partial charge in [-0.1, -0.05) is 70.4 Å².